The van der Waals surface area contributed by atoms with Gasteiger partial charge in [0.05, 0.1) is 7.11 Å². The number of methoxy groups -OCH3 is 1. The van der Waals surface area contributed by atoms with Gasteiger partial charge in [-0.25, -0.2) is 0 Å². The molecule has 0 radical (unpaired) electrons. The van der Waals surface area contributed by atoms with Gasteiger partial charge >= 0.3 is 0 Å². The number of nitrogens with zero attached hydrogens (tertiary/aromatic N) is 2. The molecule has 4 heteroatoms. The first-order valence-corrected chi connectivity index (χ1v) is 7.74. The molecule has 22 heavy (non-hydrogen) atoms. The number of aromatic nitrogens is 1. The van der Waals surface area contributed by atoms with Crippen molar-refractivity contribution in [3.05, 3.63) is 53.9 Å². The molecule has 1 aromatic heterocycles. The summed E-state index contributed by atoms with van der Waals surface area (Å²) in [5.74, 6) is 1.90. The Bertz CT molecular complexity index is 665. The first kappa shape index (κ1) is 13.6. The largest absolute Gasteiger partial charge is 0.497 e. The first-order chi connectivity index (χ1) is 10.8. The van der Waals surface area contributed by atoms with Gasteiger partial charge in [0.1, 0.15) is 17.1 Å². The van der Waals surface area contributed by atoms with Crippen LogP contribution in [0.3, 0.4) is 0 Å². The molecule has 1 saturated carbocycles. The Morgan fingerprint density at radius 3 is 2.77 bits per heavy atom. The Hall–Kier alpha value is -2.07. The number of fused-ring (bicyclic) bond motifs is 1. The molecule has 0 saturated heterocycles. The van der Waals surface area contributed by atoms with Gasteiger partial charge in [-0.2, -0.15) is 0 Å². The van der Waals surface area contributed by atoms with Gasteiger partial charge in [0, 0.05) is 37.6 Å². The fourth-order valence-electron chi connectivity index (χ4n) is 3.10. The van der Waals surface area contributed by atoms with Crippen LogP contribution in [0.2, 0.25) is 0 Å². The summed E-state index contributed by atoms with van der Waals surface area (Å²) in [4.78, 5) is 6.71. The van der Waals surface area contributed by atoms with E-state index in [1.807, 2.05) is 30.6 Å². The lowest BCUT2D eigenvalue weighted by atomic mass is 10.1. The maximum absolute atomic E-state index is 6.26. The van der Waals surface area contributed by atoms with Crippen molar-refractivity contribution < 1.29 is 9.47 Å². The lowest BCUT2D eigenvalue weighted by Gasteiger charge is -2.23. The third kappa shape index (κ3) is 2.66. The molecule has 0 amide bonds. The lowest BCUT2D eigenvalue weighted by molar-refractivity contribution is 0.123. The Labute approximate surface area is 130 Å². The van der Waals surface area contributed by atoms with Crippen molar-refractivity contribution in [3.8, 4) is 11.5 Å². The average molecular weight is 296 g/mol. The van der Waals surface area contributed by atoms with Gasteiger partial charge in [-0.15, -0.1) is 0 Å². The Morgan fingerprint density at radius 2 is 2.05 bits per heavy atom. The highest BCUT2D eigenvalue weighted by molar-refractivity contribution is 5.33. The van der Waals surface area contributed by atoms with Gasteiger partial charge in [-0.1, -0.05) is 12.1 Å². The highest BCUT2D eigenvalue weighted by atomic mass is 16.5. The SMILES string of the molecule is COc1ccc(CN2Cc3cnccc3OC3(CC3)C2)cc1. The molecule has 0 N–H and O–H groups in total. The molecule has 1 aliphatic carbocycles. The van der Waals surface area contributed by atoms with E-state index < -0.39 is 0 Å². The summed E-state index contributed by atoms with van der Waals surface area (Å²) >= 11 is 0. The summed E-state index contributed by atoms with van der Waals surface area (Å²) in [6, 6.07) is 10.3. The van der Waals surface area contributed by atoms with E-state index in [0.717, 1.165) is 44.0 Å². The summed E-state index contributed by atoms with van der Waals surface area (Å²) in [7, 11) is 1.70. The number of ether oxygens (including phenoxy) is 2. The molecule has 2 aromatic rings. The molecular weight excluding hydrogens is 276 g/mol. The number of pyridine rings is 1. The van der Waals surface area contributed by atoms with Gasteiger partial charge in [0.25, 0.3) is 0 Å². The van der Waals surface area contributed by atoms with Crippen molar-refractivity contribution in [1.29, 1.82) is 0 Å². The van der Waals surface area contributed by atoms with E-state index in [-0.39, 0.29) is 5.60 Å². The van der Waals surface area contributed by atoms with E-state index in [1.165, 1.54) is 11.1 Å². The van der Waals surface area contributed by atoms with Crippen LogP contribution >= 0.6 is 0 Å². The third-order valence-corrected chi connectivity index (χ3v) is 4.46. The molecule has 0 unspecified atom stereocenters. The highest BCUT2D eigenvalue weighted by Gasteiger charge is 2.48. The van der Waals surface area contributed by atoms with Gasteiger partial charge in [0.2, 0.25) is 0 Å². The highest BCUT2D eigenvalue weighted by Crippen LogP contribution is 2.44. The zero-order chi connectivity index (χ0) is 15.0. The number of hydrogen-bond acceptors (Lipinski definition) is 4. The molecule has 2 aliphatic rings. The van der Waals surface area contributed by atoms with Gasteiger partial charge < -0.3 is 9.47 Å². The molecule has 1 aromatic carbocycles. The quantitative estimate of drug-likeness (QED) is 0.872. The van der Waals surface area contributed by atoms with Crippen LogP contribution in [0.4, 0.5) is 0 Å². The van der Waals surface area contributed by atoms with Crippen LogP contribution in [0.1, 0.15) is 24.0 Å². The standard InChI is InChI=1S/C18H20N2O2/c1-21-16-4-2-14(3-5-16)11-20-12-15-10-19-9-6-17(15)22-18(13-20)7-8-18/h2-6,9-10H,7-8,11-13H2,1H3. The van der Waals surface area contributed by atoms with Crippen molar-refractivity contribution in [2.24, 2.45) is 0 Å². The topological polar surface area (TPSA) is 34.6 Å². The molecule has 114 valence electrons. The van der Waals surface area contributed by atoms with Gasteiger partial charge in [-0.3, -0.25) is 9.88 Å². The molecule has 0 bridgehead atoms. The smallest absolute Gasteiger partial charge is 0.127 e. The number of rotatable bonds is 3. The van der Waals surface area contributed by atoms with Crippen LogP contribution in [0.5, 0.6) is 11.5 Å². The monoisotopic (exact) mass is 296 g/mol. The summed E-state index contributed by atoms with van der Waals surface area (Å²) in [5, 5.41) is 0. The summed E-state index contributed by atoms with van der Waals surface area (Å²) in [5.41, 5.74) is 2.50. The van der Waals surface area contributed by atoms with E-state index >= 15 is 0 Å². The second kappa shape index (κ2) is 5.29. The molecule has 1 aliphatic heterocycles. The molecule has 1 fully saturated rings. The fraction of sp³-hybridized carbons (Fsp3) is 0.389. The Kier molecular flexibility index (Phi) is 3.26. The van der Waals surface area contributed by atoms with Crippen molar-refractivity contribution in [2.75, 3.05) is 13.7 Å². The second-order valence-corrected chi connectivity index (χ2v) is 6.26. The minimum Gasteiger partial charge on any atom is -0.497 e. The predicted molar refractivity (Wildman–Crippen MR) is 83.9 cm³/mol. The van der Waals surface area contributed by atoms with Crippen LogP contribution in [0.15, 0.2) is 42.7 Å². The molecule has 2 heterocycles. The molecule has 0 atom stereocenters. The molecule has 4 nitrogen and oxygen atoms in total. The average Bonchev–Trinajstić information content (AvgIpc) is 3.31. The molecular formula is C18H20N2O2. The van der Waals surface area contributed by atoms with Crippen molar-refractivity contribution >= 4 is 0 Å². The number of benzene rings is 1. The maximum atomic E-state index is 6.26. The van der Waals surface area contributed by atoms with Crippen molar-refractivity contribution in [3.63, 3.8) is 0 Å². The summed E-state index contributed by atoms with van der Waals surface area (Å²) in [6.45, 7) is 2.79. The van der Waals surface area contributed by atoms with Crippen molar-refractivity contribution in [2.45, 2.75) is 31.5 Å². The van der Waals surface area contributed by atoms with E-state index in [9.17, 15) is 0 Å². The normalized spacial score (nSPS) is 19.1. The first-order valence-electron chi connectivity index (χ1n) is 7.74. The van der Waals surface area contributed by atoms with Crippen LogP contribution in [0, 0.1) is 0 Å². The van der Waals surface area contributed by atoms with Crippen LogP contribution in [-0.2, 0) is 13.1 Å². The number of hydrogen-bond donors (Lipinski definition) is 0. The van der Waals surface area contributed by atoms with Crippen LogP contribution in [-0.4, -0.2) is 29.1 Å². The maximum Gasteiger partial charge on any atom is 0.127 e. The fourth-order valence-corrected chi connectivity index (χ4v) is 3.10. The summed E-state index contributed by atoms with van der Waals surface area (Å²) in [6.07, 6.45) is 6.04. The van der Waals surface area contributed by atoms with E-state index in [1.54, 1.807) is 7.11 Å². The summed E-state index contributed by atoms with van der Waals surface area (Å²) < 4.78 is 11.5. The zero-order valence-electron chi connectivity index (χ0n) is 12.8. The van der Waals surface area contributed by atoms with E-state index in [4.69, 9.17) is 9.47 Å². The second-order valence-electron chi connectivity index (χ2n) is 6.26. The zero-order valence-corrected chi connectivity index (χ0v) is 12.8. The Balaban J connectivity index is 1.56. The minimum atomic E-state index is 0.0269. The molecule has 1 spiro atoms. The van der Waals surface area contributed by atoms with E-state index in [0.29, 0.717) is 0 Å². The third-order valence-electron chi connectivity index (χ3n) is 4.46. The minimum absolute atomic E-state index is 0.0269. The van der Waals surface area contributed by atoms with Crippen LogP contribution in [0.25, 0.3) is 0 Å². The lowest BCUT2D eigenvalue weighted by Crippen LogP contribution is -2.34. The predicted octanol–water partition coefficient (Wildman–Crippen LogP) is 3.02. The Morgan fingerprint density at radius 1 is 1.23 bits per heavy atom. The van der Waals surface area contributed by atoms with Crippen molar-refractivity contribution in [1.82, 2.24) is 9.88 Å². The van der Waals surface area contributed by atoms with Gasteiger partial charge in [0.15, 0.2) is 0 Å². The van der Waals surface area contributed by atoms with Crippen LogP contribution < -0.4 is 9.47 Å². The molecule has 4 rings (SSSR count). The van der Waals surface area contributed by atoms with E-state index in [2.05, 4.69) is 22.0 Å². The van der Waals surface area contributed by atoms with Gasteiger partial charge in [-0.05, 0) is 36.6 Å².